The smallest absolute Gasteiger partial charge is 0.292 e. The number of thioether (sulfide) groups is 1. The largest absolute Gasteiger partial charge is 0.349 e. The Balaban J connectivity index is 1.63. The molecule has 5 nitrogen and oxygen atoms in total. The fraction of sp³-hybridized carbons (Fsp3) is 0.263. The predicted molar refractivity (Wildman–Crippen MR) is 97.7 cm³/mol. The lowest BCUT2D eigenvalue weighted by Crippen LogP contribution is -2.27. The van der Waals surface area contributed by atoms with Crippen molar-refractivity contribution in [3.8, 4) is 0 Å². The van der Waals surface area contributed by atoms with Crippen molar-refractivity contribution in [2.45, 2.75) is 36.6 Å². The number of pyridine rings is 2. The number of rotatable bonds is 5. The van der Waals surface area contributed by atoms with Crippen LogP contribution in [0.15, 0.2) is 58.7 Å². The van der Waals surface area contributed by atoms with Crippen LogP contribution in [0.2, 0.25) is 0 Å². The van der Waals surface area contributed by atoms with Crippen LogP contribution < -0.4 is 5.69 Å². The van der Waals surface area contributed by atoms with Gasteiger partial charge in [-0.15, -0.1) is 0 Å². The second-order valence-corrected chi connectivity index (χ2v) is 6.99. The van der Waals surface area contributed by atoms with Crippen LogP contribution in [-0.2, 0) is 25.1 Å². The van der Waals surface area contributed by atoms with Gasteiger partial charge in [-0.25, -0.2) is 4.79 Å². The Morgan fingerprint density at radius 1 is 1.08 bits per heavy atom. The number of fused-ring (bicyclic) bond motifs is 1. The lowest BCUT2D eigenvalue weighted by molar-refractivity contribution is 0.666. The van der Waals surface area contributed by atoms with Gasteiger partial charge in [-0.2, -0.15) is 4.98 Å². The highest BCUT2D eigenvalue weighted by molar-refractivity contribution is 7.98. The second kappa shape index (κ2) is 7.19. The van der Waals surface area contributed by atoms with E-state index < -0.39 is 0 Å². The summed E-state index contributed by atoms with van der Waals surface area (Å²) in [6, 6.07) is 9.77. The Morgan fingerprint density at radius 2 is 1.96 bits per heavy atom. The maximum absolute atomic E-state index is 12.6. The fourth-order valence-electron chi connectivity index (χ4n) is 3.17. The SMILES string of the molecule is O=c1nc(SCc2ccccn2)c2c(n1Cc1ccncc1)CCC2. The van der Waals surface area contributed by atoms with Gasteiger partial charge in [0.2, 0.25) is 0 Å². The summed E-state index contributed by atoms with van der Waals surface area (Å²) in [4.78, 5) is 25.4. The van der Waals surface area contributed by atoms with E-state index in [2.05, 4.69) is 15.0 Å². The summed E-state index contributed by atoms with van der Waals surface area (Å²) in [5, 5.41) is 0.870. The zero-order valence-corrected chi connectivity index (χ0v) is 14.6. The summed E-state index contributed by atoms with van der Waals surface area (Å²) < 4.78 is 1.82. The number of hydrogen-bond donors (Lipinski definition) is 0. The van der Waals surface area contributed by atoms with Crippen LogP contribution in [0.4, 0.5) is 0 Å². The topological polar surface area (TPSA) is 60.7 Å². The molecule has 126 valence electrons. The van der Waals surface area contributed by atoms with E-state index in [-0.39, 0.29) is 5.69 Å². The Kier molecular flexibility index (Phi) is 4.61. The molecule has 3 heterocycles. The molecule has 4 rings (SSSR count). The highest BCUT2D eigenvalue weighted by atomic mass is 32.2. The molecule has 25 heavy (non-hydrogen) atoms. The molecule has 1 aliphatic carbocycles. The Bertz CT molecular complexity index is 925. The summed E-state index contributed by atoms with van der Waals surface area (Å²) in [5.41, 5.74) is 4.28. The number of nitrogens with zero attached hydrogens (tertiary/aromatic N) is 4. The van der Waals surface area contributed by atoms with E-state index in [9.17, 15) is 4.79 Å². The maximum atomic E-state index is 12.6. The Hall–Kier alpha value is -2.47. The third-order valence-corrected chi connectivity index (χ3v) is 5.42. The molecular formula is C19H18N4OS. The van der Waals surface area contributed by atoms with Crippen molar-refractivity contribution in [1.29, 1.82) is 0 Å². The van der Waals surface area contributed by atoms with E-state index in [1.54, 1.807) is 30.4 Å². The second-order valence-electron chi connectivity index (χ2n) is 6.03. The quantitative estimate of drug-likeness (QED) is 0.523. The van der Waals surface area contributed by atoms with Gasteiger partial charge in [-0.3, -0.25) is 14.5 Å². The number of hydrogen-bond acceptors (Lipinski definition) is 5. The minimum Gasteiger partial charge on any atom is -0.292 e. The van der Waals surface area contributed by atoms with E-state index in [0.29, 0.717) is 6.54 Å². The molecular weight excluding hydrogens is 332 g/mol. The molecule has 6 heteroatoms. The first kappa shape index (κ1) is 16.0. The van der Waals surface area contributed by atoms with Crippen molar-refractivity contribution in [3.63, 3.8) is 0 Å². The molecule has 0 spiro atoms. The van der Waals surface area contributed by atoms with Gasteiger partial charge in [0.25, 0.3) is 0 Å². The van der Waals surface area contributed by atoms with Crippen molar-refractivity contribution in [1.82, 2.24) is 19.5 Å². The molecule has 0 radical (unpaired) electrons. The third-order valence-electron chi connectivity index (χ3n) is 4.37. The van der Waals surface area contributed by atoms with Gasteiger partial charge in [0.05, 0.1) is 12.2 Å². The lowest BCUT2D eigenvalue weighted by atomic mass is 10.2. The summed E-state index contributed by atoms with van der Waals surface area (Å²) in [5.74, 6) is 0.730. The van der Waals surface area contributed by atoms with Crippen molar-refractivity contribution in [3.05, 3.63) is 81.9 Å². The monoisotopic (exact) mass is 350 g/mol. The Morgan fingerprint density at radius 3 is 2.76 bits per heavy atom. The van der Waals surface area contributed by atoms with Crippen LogP contribution in [0.1, 0.15) is 28.9 Å². The van der Waals surface area contributed by atoms with Crippen LogP contribution in [0, 0.1) is 0 Å². The first-order valence-corrected chi connectivity index (χ1v) is 9.34. The molecule has 1 aliphatic rings. The average molecular weight is 350 g/mol. The number of aromatic nitrogens is 4. The molecule has 0 unspecified atom stereocenters. The van der Waals surface area contributed by atoms with E-state index in [1.165, 1.54) is 5.56 Å². The van der Waals surface area contributed by atoms with Gasteiger partial charge in [-0.1, -0.05) is 17.8 Å². The summed E-state index contributed by atoms with van der Waals surface area (Å²) >= 11 is 1.61. The fourth-order valence-corrected chi connectivity index (χ4v) is 4.16. The van der Waals surface area contributed by atoms with Crippen LogP contribution in [0.5, 0.6) is 0 Å². The van der Waals surface area contributed by atoms with Crippen LogP contribution in [0.3, 0.4) is 0 Å². The molecule has 0 fully saturated rings. The van der Waals surface area contributed by atoms with Crippen molar-refractivity contribution in [2.75, 3.05) is 0 Å². The lowest BCUT2D eigenvalue weighted by Gasteiger charge is -2.14. The molecule has 0 N–H and O–H groups in total. The molecule has 3 aromatic rings. The minimum absolute atomic E-state index is 0.166. The molecule has 0 saturated carbocycles. The Labute approximate surface area is 150 Å². The standard InChI is InChI=1S/C19H18N4OS/c24-19-22-18(25-13-15-4-1-2-9-21-15)16-5-3-6-17(16)23(19)12-14-7-10-20-11-8-14/h1-2,4,7-11H,3,5-6,12-13H2. The summed E-state index contributed by atoms with van der Waals surface area (Å²) in [6.07, 6.45) is 8.31. The van der Waals surface area contributed by atoms with E-state index in [0.717, 1.165) is 47.0 Å². The van der Waals surface area contributed by atoms with E-state index in [1.807, 2.05) is 34.9 Å². The van der Waals surface area contributed by atoms with Crippen molar-refractivity contribution >= 4 is 11.8 Å². The van der Waals surface area contributed by atoms with E-state index in [4.69, 9.17) is 0 Å². The van der Waals surface area contributed by atoms with Crippen LogP contribution in [0.25, 0.3) is 0 Å². The van der Waals surface area contributed by atoms with Gasteiger partial charge < -0.3 is 0 Å². The van der Waals surface area contributed by atoms with Crippen molar-refractivity contribution in [2.24, 2.45) is 0 Å². The third kappa shape index (κ3) is 3.49. The van der Waals surface area contributed by atoms with Gasteiger partial charge in [0.15, 0.2) is 0 Å². The molecule has 0 amide bonds. The molecule has 0 aliphatic heterocycles. The normalized spacial score (nSPS) is 13.0. The minimum atomic E-state index is -0.166. The molecule has 0 aromatic carbocycles. The summed E-state index contributed by atoms with van der Waals surface area (Å²) in [7, 11) is 0. The zero-order valence-electron chi connectivity index (χ0n) is 13.8. The van der Waals surface area contributed by atoms with Crippen LogP contribution in [-0.4, -0.2) is 19.5 Å². The molecule has 0 saturated heterocycles. The van der Waals surface area contributed by atoms with Gasteiger partial charge >= 0.3 is 5.69 Å². The average Bonchev–Trinajstić information content (AvgIpc) is 3.14. The molecule has 3 aromatic heterocycles. The maximum Gasteiger partial charge on any atom is 0.349 e. The predicted octanol–water partition coefficient (Wildman–Crippen LogP) is 2.86. The first-order valence-electron chi connectivity index (χ1n) is 8.35. The van der Waals surface area contributed by atoms with Gasteiger partial charge in [0.1, 0.15) is 5.03 Å². The molecule has 0 bridgehead atoms. The molecule has 0 atom stereocenters. The van der Waals surface area contributed by atoms with Crippen molar-refractivity contribution < 1.29 is 0 Å². The van der Waals surface area contributed by atoms with E-state index >= 15 is 0 Å². The first-order chi connectivity index (χ1) is 12.3. The van der Waals surface area contributed by atoms with Gasteiger partial charge in [-0.05, 0) is 49.1 Å². The highest BCUT2D eigenvalue weighted by Crippen LogP contribution is 2.30. The summed E-state index contributed by atoms with van der Waals surface area (Å²) in [6.45, 7) is 0.557. The zero-order chi connectivity index (χ0) is 17.1. The van der Waals surface area contributed by atoms with Gasteiger partial charge in [0, 0.05) is 35.6 Å². The van der Waals surface area contributed by atoms with Crippen LogP contribution >= 0.6 is 11.8 Å². The highest BCUT2D eigenvalue weighted by Gasteiger charge is 2.22.